The summed E-state index contributed by atoms with van der Waals surface area (Å²) in [6.45, 7) is 5.53. The minimum atomic E-state index is -0.279. The monoisotopic (exact) mass is 220 g/mol. The van der Waals surface area contributed by atoms with Crippen molar-refractivity contribution in [3.63, 3.8) is 0 Å². The number of fused-ring (bicyclic) bond motifs is 1. The molecule has 1 aromatic carbocycles. The average Bonchev–Trinajstić information content (AvgIpc) is 2.59. The fourth-order valence-electron chi connectivity index (χ4n) is 1.76. The van der Waals surface area contributed by atoms with Crippen molar-refractivity contribution in [1.29, 1.82) is 0 Å². The Kier molecular flexibility index (Phi) is 2.77. The Bertz CT molecular complexity index is 533. The summed E-state index contributed by atoms with van der Waals surface area (Å²) in [6.07, 6.45) is 1.64. The van der Waals surface area contributed by atoms with Crippen molar-refractivity contribution in [3.8, 4) is 0 Å². The van der Waals surface area contributed by atoms with Gasteiger partial charge in [-0.15, -0.1) is 6.58 Å². The summed E-state index contributed by atoms with van der Waals surface area (Å²) in [5.74, 6) is 5.77. The number of hydrazine groups is 1. The van der Waals surface area contributed by atoms with Gasteiger partial charge in [0.15, 0.2) is 0 Å². The maximum absolute atomic E-state index is 13.1. The summed E-state index contributed by atoms with van der Waals surface area (Å²) in [4.78, 5) is 0. The van der Waals surface area contributed by atoms with Crippen LogP contribution in [-0.4, -0.2) is 0 Å². The molecular weight excluding hydrogens is 207 g/mol. The summed E-state index contributed by atoms with van der Waals surface area (Å²) in [5, 5.41) is 0.761. The number of nitrogens with two attached hydrogens (primary N) is 1. The molecule has 1 atom stereocenters. The number of hydrogen-bond donors (Lipinski definition) is 2. The van der Waals surface area contributed by atoms with Crippen LogP contribution in [0, 0.1) is 12.7 Å². The second-order valence-electron chi connectivity index (χ2n) is 3.61. The number of nitrogens with one attached hydrogen (secondary N) is 1. The van der Waals surface area contributed by atoms with E-state index in [9.17, 15) is 4.39 Å². The van der Waals surface area contributed by atoms with Gasteiger partial charge in [-0.25, -0.2) is 9.82 Å². The van der Waals surface area contributed by atoms with Crippen molar-refractivity contribution >= 4 is 11.0 Å². The van der Waals surface area contributed by atoms with Crippen LogP contribution in [0.5, 0.6) is 0 Å². The normalized spacial score (nSPS) is 12.9. The second kappa shape index (κ2) is 4.08. The van der Waals surface area contributed by atoms with E-state index < -0.39 is 0 Å². The zero-order chi connectivity index (χ0) is 11.7. The van der Waals surface area contributed by atoms with Gasteiger partial charge in [-0.05, 0) is 25.1 Å². The molecular formula is C12H13FN2O. The van der Waals surface area contributed by atoms with E-state index in [1.165, 1.54) is 12.1 Å². The zero-order valence-electron chi connectivity index (χ0n) is 8.96. The first-order valence-corrected chi connectivity index (χ1v) is 4.94. The molecule has 0 spiro atoms. The topological polar surface area (TPSA) is 51.2 Å². The van der Waals surface area contributed by atoms with Gasteiger partial charge in [0.2, 0.25) is 0 Å². The van der Waals surface area contributed by atoms with E-state index in [0.29, 0.717) is 11.3 Å². The van der Waals surface area contributed by atoms with Crippen molar-refractivity contribution < 1.29 is 8.81 Å². The van der Waals surface area contributed by atoms with Crippen LogP contribution in [0.2, 0.25) is 0 Å². The molecule has 4 heteroatoms. The van der Waals surface area contributed by atoms with Crippen molar-refractivity contribution in [2.45, 2.75) is 13.0 Å². The van der Waals surface area contributed by atoms with Gasteiger partial charge < -0.3 is 4.42 Å². The Labute approximate surface area is 92.7 Å². The number of rotatable bonds is 3. The summed E-state index contributed by atoms with van der Waals surface area (Å²) in [5.41, 5.74) is 4.10. The molecule has 0 amide bonds. The van der Waals surface area contributed by atoms with Gasteiger partial charge >= 0.3 is 0 Å². The highest BCUT2D eigenvalue weighted by atomic mass is 19.1. The Morgan fingerprint density at radius 1 is 1.56 bits per heavy atom. The van der Waals surface area contributed by atoms with Gasteiger partial charge in [-0.2, -0.15) is 0 Å². The van der Waals surface area contributed by atoms with Crippen molar-refractivity contribution in [2.24, 2.45) is 5.84 Å². The van der Waals surface area contributed by atoms with Crippen molar-refractivity contribution in [3.05, 3.63) is 48.0 Å². The van der Waals surface area contributed by atoms with Crippen LogP contribution < -0.4 is 11.3 Å². The molecule has 2 rings (SSSR count). The molecule has 1 unspecified atom stereocenters. The van der Waals surface area contributed by atoms with Crippen LogP contribution in [0.4, 0.5) is 4.39 Å². The van der Waals surface area contributed by atoms with E-state index in [1.54, 1.807) is 12.1 Å². The lowest BCUT2D eigenvalue weighted by Crippen LogP contribution is -2.26. The largest absolute Gasteiger partial charge is 0.459 e. The minimum absolute atomic E-state index is 0.268. The quantitative estimate of drug-likeness (QED) is 0.475. The molecule has 1 heterocycles. The SMILES string of the molecule is C=CC(NN)c1oc2ccc(F)cc2c1C. The van der Waals surface area contributed by atoms with Crippen LogP contribution in [0.1, 0.15) is 17.4 Å². The van der Waals surface area contributed by atoms with Crippen molar-refractivity contribution in [2.75, 3.05) is 0 Å². The van der Waals surface area contributed by atoms with E-state index >= 15 is 0 Å². The molecule has 3 N–H and O–H groups in total. The second-order valence-corrected chi connectivity index (χ2v) is 3.61. The molecule has 0 aliphatic carbocycles. The van der Waals surface area contributed by atoms with Gasteiger partial charge in [0.1, 0.15) is 17.2 Å². The Morgan fingerprint density at radius 2 is 2.31 bits per heavy atom. The van der Waals surface area contributed by atoms with Gasteiger partial charge in [0, 0.05) is 10.9 Å². The predicted molar refractivity (Wildman–Crippen MR) is 61.2 cm³/mol. The number of hydrogen-bond acceptors (Lipinski definition) is 3. The third kappa shape index (κ3) is 1.62. The molecule has 0 aliphatic rings. The Balaban J connectivity index is 2.64. The molecule has 84 valence electrons. The fraction of sp³-hybridized carbons (Fsp3) is 0.167. The number of furan rings is 1. The predicted octanol–water partition coefficient (Wildman–Crippen LogP) is 2.57. The standard InChI is InChI=1S/C12H13FN2O/c1-3-10(15-14)12-7(2)9-6-8(13)4-5-11(9)16-12/h3-6,10,15H,1,14H2,2H3. The lowest BCUT2D eigenvalue weighted by Gasteiger charge is -2.08. The lowest BCUT2D eigenvalue weighted by molar-refractivity contribution is 0.481. The fourth-order valence-corrected chi connectivity index (χ4v) is 1.76. The van der Waals surface area contributed by atoms with Gasteiger partial charge in [-0.1, -0.05) is 6.08 Å². The summed E-state index contributed by atoms with van der Waals surface area (Å²) in [6, 6.07) is 4.16. The highest BCUT2D eigenvalue weighted by molar-refractivity contribution is 5.82. The van der Waals surface area contributed by atoms with E-state index in [1.807, 2.05) is 6.92 Å². The average molecular weight is 220 g/mol. The third-order valence-corrected chi connectivity index (χ3v) is 2.63. The molecule has 0 saturated heterocycles. The minimum Gasteiger partial charge on any atom is -0.459 e. The van der Waals surface area contributed by atoms with Crippen LogP contribution in [0.25, 0.3) is 11.0 Å². The highest BCUT2D eigenvalue weighted by Gasteiger charge is 2.16. The summed E-state index contributed by atoms with van der Waals surface area (Å²) < 4.78 is 18.7. The molecule has 2 aromatic rings. The molecule has 0 bridgehead atoms. The van der Waals surface area contributed by atoms with Crippen LogP contribution in [0.3, 0.4) is 0 Å². The van der Waals surface area contributed by atoms with Crippen LogP contribution >= 0.6 is 0 Å². The van der Waals surface area contributed by atoms with Crippen molar-refractivity contribution in [1.82, 2.24) is 5.43 Å². The number of halogens is 1. The van der Waals surface area contributed by atoms with Crippen LogP contribution in [-0.2, 0) is 0 Å². The molecule has 0 aliphatic heterocycles. The molecule has 1 aromatic heterocycles. The first-order valence-electron chi connectivity index (χ1n) is 4.94. The maximum Gasteiger partial charge on any atom is 0.134 e. The van der Waals surface area contributed by atoms with Gasteiger partial charge in [0.05, 0.1) is 6.04 Å². The first-order chi connectivity index (χ1) is 7.67. The van der Waals surface area contributed by atoms with Gasteiger partial charge in [0.25, 0.3) is 0 Å². The van der Waals surface area contributed by atoms with E-state index in [0.717, 1.165) is 10.9 Å². The number of benzene rings is 1. The third-order valence-electron chi connectivity index (χ3n) is 2.63. The first kappa shape index (κ1) is 10.9. The lowest BCUT2D eigenvalue weighted by atomic mass is 10.1. The zero-order valence-corrected chi connectivity index (χ0v) is 8.96. The molecule has 0 radical (unpaired) electrons. The summed E-state index contributed by atoms with van der Waals surface area (Å²) in [7, 11) is 0. The molecule has 3 nitrogen and oxygen atoms in total. The Morgan fingerprint density at radius 3 is 2.94 bits per heavy atom. The smallest absolute Gasteiger partial charge is 0.134 e. The van der Waals surface area contributed by atoms with Gasteiger partial charge in [-0.3, -0.25) is 5.84 Å². The number of aryl methyl sites for hydroxylation is 1. The maximum atomic E-state index is 13.1. The molecule has 0 fully saturated rings. The van der Waals surface area contributed by atoms with Crippen LogP contribution in [0.15, 0.2) is 35.3 Å². The highest BCUT2D eigenvalue weighted by Crippen LogP contribution is 2.29. The molecule has 16 heavy (non-hydrogen) atoms. The van der Waals surface area contributed by atoms with E-state index in [2.05, 4.69) is 12.0 Å². The van der Waals surface area contributed by atoms with E-state index in [4.69, 9.17) is 10.3 Å². The Hall–Kier alpha value is -1.65. The summed E-state index contributed by atoms with van der Waals surface area (Å²) >= 11 is 0. The molecule has 0 saturated carbocycles. The van der Waals surface area contributed by atoms with E-state index in [-0.39, 0.29) is 11.9 Å².